The molecule has 1 fully saturated rings. The third-order valence-corrected chi connectivity index (χ3v) is 5.54. The van der Waals surface area contributed by atoms with Crippen LogP contribution in [0.3, 0.4) is 0 Å². The van der Waals surface area contributed by atoms with Crippen LogP contribution in [-0.4, -0.2) is 58.1 Å². The average Bonchev–Trinajstić information content (AvgIpc) is 3.22. The van der Waals surface area contributed by atoms with Crippen molar-refractivity contribution in [2.75, 3.05) is 19.4 Å². The molecule has 9 nitrogen and oxygen atoms in total. The number of carbonyl (C=O) groups is 2. The Hall–Kier alpha value is -2.53. The quantitative estimate of drug-likeness (QED) is 0.587. The van der Waals surface area contributed by atoms with Gasteiger partial charge in [0, 0.05) is 18.7 Å². The molecule has 33 heavy (non-hydrogen) atoms. The summed E-state index contributed by atoms with van der Waals surface area (Å²) in [7, 11) is 0. The SMILES string of the molecule is CSc1nnc([C@H]2CC[C@H](NC(=O)COc3ccc(Cl)c(F)c3)CN2C(=O)OC(C)(C)C)o1. The standard InChI is InChI=1S/C21H26ClFN4O5S/c1-21(2,3)32-20(29)27-10-12(5-8-16(27)18-25-26-19(31-18)33-4)24-17(28)11-30-13-6-7-14(22)15(23)9-13/h6-7,9,12,16H,5,8,10-11H2,1-4H3,(H,24,28)/t12-,16+/m0/s1. The van der Waals surface area contributed by atoms with E-state index in [0.29, 0.717) is 24.0 Å². The molecule has 0 spiro atoms. The van der Waals surface area contributed by atoms with Crippen molar-refractivity contribution in [3.63, 3.8) is 0 Å². The lowest BCUT2D eigenvalue weighted by atomic mass is 9.98. The Morgan fingerprint density at radius 2 is 2.09 bits per heavy atom. The van der Waals surface area contributed by atoms with Crippen molar-refractivity contribution in [1.29, 1.82) is 0 Å². The topological polar surface area (TPSA) is 107 Å². The van der Waals surface area contributed by atoms with Crippen molar-refractivity contribution in [3.05, 3.63) is 34.9 Å². The first-order chi connectivity index (χ1) is 15.6. The van der Waals surface area contributed by atoms with Crippen molar-refractivity contribution in [3.8, 4) is 5.75 Å². The summed E-state index contributed by atoms with van der Waals surface area (Å²) in [6, 6.07) is 3.13. The molecule has 180 valence electrons. The van der Waals surface area contributed by atoms with Crippen molar-refractivity contribution < 1.29 is 27.9 Å². The Bertz CT molecular complexity index is 999. The Kier molecular flexibility index (Phi) is 8.06. The van der Waals surface area contributed by atoms with E-state index in [4.69, 9.17) is 25.5 Å². The van der Waals surface area contributed by atoms with Crippen LogP contribution in [0.1, 0.15) is 45.5 Å². The predicted molar refractivity (Wildman–Crippen MR) is 120 cm³/mol. The average molecular weight is 501 g/mol. The van der Waals surface area contributed by atoms with E-state index in [1.165, 1.54) is 28.8 Å². The van der Waals surface area contributed by atoms with Crippen LogP contribution in [0.25, 0.3) is 0 Å². The molecule has 0 bridgehead atoms. The van der Waals surface area contributed by atoms with Gasteiger partial charge >= 0.3 is 6.09 Å². The molecule has 2 atom stereocenters. The van der Waals surface area contributed by atoms with Crippen LogP contribution in [0.4, 0.5) is 9.18 Å². The molecule has 1 aliphatic rings. The van der Waals surface area contributed by atoms with E-state index >= 15 is 0 Å². The minimum atomic E-state index is -0.696. The number of nitrogens with zero attached hydrogens (tertiary/aromatic N) is 3. The van der Waals surface area contributed by atoms with Crippen LogP contribution in [0.2, 0.25) is 5.02 Å². The van der Waals surface area contributed by atoms with E-state index in [9.17, 15) is 14.0 Å². The number of carbonyl (C=O) groups excluding carboxylic acids is 2. The van der Waals surface area contributed by atoms with Gasteiger partial charge in [0.25, 0.3) is 11.1 Å². The number of halogens is 2. The van der Waals surface area contributed by atoms with Gasteiger partial charge in [-0.2, -0.15) is 0 Å². The maximum Gasteiger partial charge on any atom is 0.411 e. The zero-order chi connectivity index (χ0) is 24.2. The first-order valence-corrected chi connectivity index (χ1v) is 11.9. The summed E-state index contributed by atoms with van der Waals surface area (Å²) in [5.41, 5.74) is -0.696. The van der Waals surface area contributed by atoms with Crippen molar-refractivity contribution >= 4 is 35.4 Å². The van der Waals surface area contributed by atoms with E-state index in [1.807, 2.05) is 6.26 Å². The lowest BCUT2D eigenvalue weighted by molar-refractivity contribution is -0.124. The minimum absolute atomic E-state index is 0.0308. The molecule has 2 aromatic rings. The molecule has 1 aromatic heterocycles. The summed E-state index contributed by atoms with van der Waals surface area (Å²) in [4.78, 5) is 26.8. The fraction of sp³-hybridized carbons (Fsp3) is 0.524. The smallest absolute Gasteiger partial charge is 0.411 e. The van der Waals surface area contributed by atoms with Gasteiger partial charge in [-0.15, -0.1) is 10.2 Å². The molecule has 1 aliphatic heterocycles. The van der Waals surface area contributed by atoms with Gasteiger partial charge in [-0.25, -0.2) is 9.18 Å². The normalized spacial score (nSPS) is 18.7. The number of thioether (sulfide) groups is 1. The van der Waals surface area contributed by atoms with Crippen LogP contribution >= 0.6 is 23.4 Å². The van der Waals surface area contributed by atoms with Crippen molar-refractivity contribution in [1.82, 2.24) is 20.4 Å². The van der Waals surface area contributed by atoms with E-state index in [-0.39, 0.29) is 30.0 Å². The van der Waals surface area contributed by atoms with Gasteiger partial charge in [-0.3, -0.25) is 9.69 Å². The number of hydrogen-bond donors (Lipinski definition) is 1. The number of amides is 2. The third-order valence-electron chi connectivity index (χ3n) is 4.72. The second-order valence-corrected chi connectivity index (χ2v) is 9.63. The Balaban J connectivity index is 1.64. The highest BCUT2D eigenvalue weighted by molar-refractivity contribution is 7.98. The third kappa shape index (κ3) is 6.97. The second-order valence-electron chi connectivity index (χ2n) is 8.47. The lowest BCUT2D eigenvalue weighted by Crippen LogP contribution is -2.52. The highest BCUT2D eigenvalue weighted by Gasteiger charge is 2.38. The number of rotatable bonds is 6. The zero-order valence-corrected chi connectivity index (χ0v) is 20.3. The number of benzene rings is 1. The first kappa shape index (κ1) is 25.1. The van der Waals surface area contributed by atoms with Gasteiger partial charge in [0.2, 0.25) is 5.89 Å². The molecular formula is C21H26ClFN4O5S. The maximum atomic E-state index is 13.5. The summed E-state index contributed by atoms with van der Waals surface area (Å²) >= 11 is 6.96. The Labute approximate surface area is 200 Å². The Morgan fingerprint density at radius 3 is 2.73 bits per heavy atom. The molecule has 12 heteroatoms. The minimum Gasteiger partial charge on any atom is -0.484 e. The molecule has 0 radical (unpaired) electrons. The summed E-state index contributed by atoms with van der Waals surface area (Å²) in [5, 5.41) is 11.2. The van der Waals surface area contributed by atoms with Gasteiger partial charge in [0.1, 0.15) is 23.2 Å². The van der Waals surface area contributed by atoms with Crippen LogP contribution in [0.5, 0.6) is 5.75 Å². The maximum absolute atomic E-state index is 13.5. The number of likely N-dealkylation sites (tertiary alicyclic amines) is 1. The van der Waals surface area contributed by atoms with E-state index in [0.717, 1.165) is 6.07 Å². The van der Waals surface area contributed by atoms with E-state index in [1.54, 1.807) is 20.8 Å². The Morgan fingerprint density at radius 1 is 1.33 bits per heavy atom. The number of aromatic nitrogens is 2. The molecule has 1 N–H and O–H groups in total. The molecule has 0 unspecified atom stereocenters. The fourth-order valence-corrected chi connectivity index (χ4v) is 3.70. The van der Waals surface area contributed by atoms with Crippen molar-refractivity contribution in [2.24, 2.45) is 0 Å². The molecule has 1 aromatic carbocycles. The number of ether oxygens (including phenoxy) is 2. The largest absolute Gasteiger partial charge is 0.484 e. The summed E-state index contributed by atoms with van der Waals surface area (Å²) in [6.45, 7) is 5.21. The number of hydrogen-bond acceptors (Lipinski definition) is 8. The van der Waals surface area contributed by atoms with E-state index in [2.05, 4.69) is 15.5 Å². The fourth-order valence-electron chi connectivity index (χ4n) is 3.29. The van der Waals surface area contributed by atoms with Crippen molar-refractivity contribution in [2.45, 2.75) is 56.5 Å². The van der Waals surface area contributed by atoms with Crippen LogP contribution in [0.15, 0.2) is 27.8 Å². The highest BCUT2D eigenvalue weighted by atomic mass is 35.5. The number of nitrogens with one attached hydrogen (secondary N) is 1. The molecule has 2 amide bonds. The summed E-state index contributed by atoms with van der Waals surface area (Å²) in [6.07, 6.45) is 2.34. The van der Waals surface area contributed by atoms with E-state index < -0.39 is 29.5 Å². The molecule has 1 saturated heterocycles. The summed E-state index contributed by atoms with van der Waals surface area (Å²) < 4.78 is 30.1. The molecule has 0 saturated carbocycles. The van der Waals surface area contributed by atoms with Gasteiger partial charge in [-0.05, 0) is 52.0 Å². The molecule has 0 aliphatic carbocycles. The van der Waals surface area contributed by atoms with Gasteiger partial charge in [0.15, 0.2) is 6.61 Å². The number of piperidine rings is 1. The molecule has 2 heterocycles. The summed E-state index contributed by atoms with van der Waals surface area (Å²) in [5.74, 6) is -0.526. The van der Waals surface area contributed by atoms with Gasteiger partial charge in [0.05, 0.1) is 5.02 Å². The second kappa shape index (κ2) is 10.6. The lowest BCUT2D eigenvalue weighted by Gasteiger charge is -2.38. The zero-order valence-electron chi connectivity index (χ0n) is 18.8. The van der Waals surface area contributed by atoms with Crippen LogP contribution < -0.4 is 10.1 Å². The molecular weight excluding hydrogens is 475 g/mol. The first-order valence-electron chi connectivity index (χ1n) is 10.3. The monoisotopic (exact) mass is 500 g/mol. The highest BCUT2D eigenvalue weighted by Crippen LogP contribution is 2.32. The van der Waals surface area contributed by atoms with Gasteiger partial charge < -0.3 is 19.2 Å². The van der Waals surface area contributed by atoms with Crippen LogP contribution in [-0.2, 0) is 9.53 Å². The van der Waals surface area contributed by atoms with Gasteiger partial charge in [-0.1, -0.05) is 23.4 Å². The predicted octanol–water partition coefficient (Wildman–Crippen LogP) is 4.22. The molecule has 3 rings (SSSR count). The van der Waals surface area contributed by atoms with Crippen LogP contribution in [0, 0.1) is 5.82 Å².